The van der Waals surface area contributed by atoms with Gasteiger partial charge in [0.25, 0.3) is 0 Å². The van der Waals surface area contributed by atoms with E-state index in [1.807, 2.05) is 29.3 Å². The summed E-state index contributed by atoms with van der Waals surface area (Å²) in [5.41, 5.74) is 2.27. The minimum Gasteiger partial charge on any atom is -0.378 e. The first-order chi connectivity index (χ1) is 13.7. The second kappa shape index (κ2) is 8.56. The summed E-state index contributed by atoms with van der Waals surface area (Å²) in [6, 6.07) is 10.1. The van der Waals surface area contributed by atoms with Crippen molar-refractivity contribution in [3.8, 4) is 0 Å². The molecule has 0 atom stereocenters. The van der Waals surface area contributed by atoms with E-state index in [0.717, 1.165) is 69.8 Å². The molecule has 0 N–H and O–H groups in total. The van der Waals surface area contributed by atoms with Crippen molar-refractivity contribution in [3.63, 3.8) is 0 Å². The molecule has 148 valence electrons. The molecular formula is C21H27N5O2. The van der Waals surface area contributed by atoms with Crippen molar-refractivity contribution < 1.29 is 9.53 Å². The van der Waals surface area contributed by atoms with Gasteiger partial charge in [0.05, 0.1) is 19.6 Å². The van der Waals surface area contributed by atoms with E-state index >= 15 is 0 Å². The van der Waals surface area contributed by atoms with E-state index in [0.29, 0.717) is 6.42 Å². The number of ether oxygens (including phenoxy) is 1. The van der Waals surface area contributed by atoms with Crippen molar-refractivity contribution in [1.82, 2.24) is 14.9 Å². The van der Waals surface area contributed by atoms with Crippen molar-refractivity contribution in [2.24, 2.45) is 0 Å². The van der Waals surface area contributed by atoms with Crippen LogP contribution < -0.4 is 9.80 Å². The van der Waals surface area contributed by atoms with Gasteiger partial charge < -0.3 is 19.4 Å². The molecule has 0 bridgehead atoms. The number of amides is 1. The van der Waals surface area contributed by atoms with Gasteiger partial charge in [0, 0.05) is 45.5 Å². The molecule has 2 saturated heterocycles. The van der Waals surface area contributed by atoms with E-state index in [4.69, 9.17) is 9.72 Å². The van der Waals surface area contributed by atoms with Crippen LogP contribution in [-0.2, 0) is 16.0 Å². The molecule has 1 aromatic heterocycles. The van der Waals surface area contributed by atoms with Crippen LogP contribution in [0.5, 0.6) is 0 Å². The maximum absolute atomic E-state index is 12.6. The van der Waals surface area contributed by atoms with Crippen molar-refractivity contribution in [3.05, 3.63) is 47.7 Å². The Morgan fingerprint density at radius 1 is 1.04 bits per heavy atom. The van der Waals surface area contributed by atoms with Gasteiger partial charge in [-0.1, -0.05) is 29.8 Å². The Morgan fingerprint density at radius 3 is 2.57 bits per heavy atom. The zero-order valence-corrected chi connectivity index (χ0v) is 16.4. The zero-order valence-electron chi connectivity index (χ0n) is 16.4. The first-order valence-corrected chi connectivity index (χ1v) is 9.93. The van der Waals surface area contributed by atoms with Crippen LogP contribution in [0.3, 0.4) is 0 Å². The lowest BCUT2D eigenvalue weighted by molar-refractivity contribution is -0.130. The molecule has 0 spiro atoms. The molecule has 2 aromatic rings. The maximum Gasteiger partial charge on any atom is 0.227 e. The number of carbonyl (C=O) groups is 1. The number of rotatable bonds is 4. The van der Waals surface area contributed by atoms with Gasteiger partial charge in [0.1, 0.15) is 5.82 Å². The number of hydrogen-bond donors (Lipinski definition) is 0. The molecule has 0 saturated carbocycles. The normalized spacial score (nSPS) is 17.7. The van der Waals surface area contributed by atoms with E-state index in [1.54, 1.807) is 0 Å². The summed E-state index contributed by atoms with van der Waals surface area (Å²) in [4.78, 5) is 28.2. The third kappa shape index (κ3) is 4.42. The first kappa shape index (κ1) is 18.7. The van der Waals surface area contributed by atoms with Crippen LogP contribution in [0.1, 0.15) is 11.1 Å². The lowest BCUT2D eigenvalue weighted by Gasteiger charge is -2.36. The number of aromatic nitrogens is 2. The Hall–Kier alpha value is -2.67. The number of aryl methyl sites for hydroxylation is 1. The minimum atomic E-state index is 0.196. The average Bonchev–Trinajstić information content (AvgIpc) is 2.75. The molecule has 1 amide bonds. The fraction of sp³-hybridized carbons (Fsp3) is 0.476. The van der Waals surface area contributed by atoms with E-state index < -0.39 is 0 Å². The summed E-state index contributed by atoms with van der Waals surface area (Å²) in [5, 5.41) is 0. The predicted octanol–water partition coefficient (Wildman–Crippen LogP) is 1.51. The number of hydrogen-bond acceptors (Lipinski definition) is 6. The monoisotopic (exact) mass is 381 g/mol. The van der Waals surface area contributed by atoms with E-state index in [9.17, 15) is 4.79 Å². The van der Waals surface area contributed by atoms with Crippen LogP contribution in [0.2, 0.25) is 0 Å². The summed E-state index contributed by atoms with van der Waals surface area (Å²) in [6.07, 6.45) is 2.29. The highest BCUT2D eigenvalue weighted by atomic mass is 16.5. The van der Waals surface area contributed by atoms with E-state index in [1.165, 1.54) is 5.56 Å². The van der Waals surface area contributed by atoms with Gasteiger partial charge in [-0.05, 0) is 18.6 Å². The van der Waals surface area contributed by atoms with Gasteiger partial charge in [-0.3, -0.25) is 4.79 Å². The number of anilines is 2. The predicted molar refractivity (Wildman–Crippen MR) is 109 cm³/mol. The Kier molecular flexibility index (Phi) is 5.71. The highest BCUT2D eigenvalue weighted by Crippen LogP contribution is 2.18. The third-order valence-corrected chi connectivity index (χ3v) is 5.32. The second-order valence-electron chi connectivity index (χ2n) is 7.35. The average molecular weight is 381 g/mol. The standard InChI is InChI=1S/C21H27N5O2/c1-17-3-2-4-18(15-17)16-20(27)25-9-7-24(8-10-25)19-5-6-22-21(23-19)26-11-13-28-14-12-26/h2-6,15H,7-14,16H2,1H3. The van der Waals surface area contributed by atoms with Crippen LogP contribution >= 0.6 is 0 Å². The summed E-state index contributed by atoms with van der Waals surface area (Å²) in [7, 11) is 0. The highest BCUT2D eigenvalue weighted by Gasteiger charge is 2.23. The van der Waals surface area contributed by atoms with Crippen molar-refractivity contribution >= 4 is 17.7 Å². The molecule has 1 aromatic carbocycles. The number of nitrogens with zero attached hydrogens (tertiary/aromatic N) is 5. The second-order valence-corrected chi connectivity index (χ2v) is 7.35. The summed E-state index contributed by atoms with van der Waals surface area (Å²) in [6.45, 7) is 8.17. The van der Waals surface area contributed by atoms with E-state index in [2.05, 4.69) is 33.8 Å². The molecule has 2 fully saturated rings. The third-order valence-electron chi connectivity index (χ3n) is 5.32. The largest absolute Gasteiger partial charge is 0.378 e. The molecule has 2 aliphatic heterocycles. The van der Waals surface area contributed by atoms with Gasteiger partial charge in [-0.25, -0.2) is 4.98 Å². The fourth-order valence-corrected chi connectivity index (χ4v) is 3.72. The molecule has 0 aliphatic carbocycles. The Balaban J connectivity index is 1.34. The lowest BCUT2D eigenvalue weighted by atomic mass is 10.1. The van der Waals surface area contributed by atoms with Crippen LogP contribution in [-0.4, -0.2) is 73.3 Å². The number of benzene rings is 1. The van der Waals surface area contributed by atoms with Crippen LogP contribution in [0.25, 0.3) is 0 Å². The number of piperazine rings is 1. The fourth-order valence-electron chi connectivity index (χ4n) is 3.72. The SMILES string of the molecule is Cc1cccc(CC(=O)N2CCN(c3ccnc(N4CCOCC4)n3)CC2)c1. The molecule has 4 rings (SSSR count). The molecule has 7 nitrogen and oxygen atoms in total. The molecule has 28 heavy (non-hydrogen) atoms. The summed E-state index contributed by atoms with van der Waals surface area (Å²) in [5.74, 6) is 1.89. The van der Waals surface area contributed by atoms with Gasteiger partial charge in [-0.15, -0.1) is 0 Å². The lowest BCUT2D eigenvalue weighted by Crippen LogP contribution is -2.49. The van der Waals surface area contributed by atoms with Gasteiger partial charge in [0.15, 0.2) is 0 Å². The Morgan fingerprint density at radius 2 is 1.82 bits per heavy atom. The Labute approximate surface area is 165 Å². The maximum atomic E-state index is 12.6. The van der Waals surface area contributed by atoms with Gasteiger partial charge in [-0.2, -0.15) is 4.98 Å². The zero-order chi connectivity index (χ0) is 19.3. The molecule has 7 heteroatoms. The number of carbonyl (C=O) groups excluding carboxylic acids is 1. The first-order valence-electron chi connectivity index (χ1n) is 9.93. The highest BCUT2D eigenvalue weighted by molar-refractivity contribution is 5.79. The molecule has 0 radical (unpaired) electrons. The van der Waals surface area contributed by atoms with Crippen LogP contribution in [0.15, 0.2) is 36.5 Å². The Bertz CT molecular complexity index is 814. The molecule has 2 aliphatic rings. The summed E-state index contributed by atoms with van der Waals surface area (Å²) >= 11 is 0. The topological polar surface area (TPSA) is 61.8 Å². The van der Waals surface area contributed by atoms with Crippen LogP contribution in [0.4, 0.5) is 11.8 Å². The quantitative estimate of drug-likeness (QED) is 0.800. The summed E-state index contributed by atoms with van der Waals surface area (Å²) < 4.78 is 5.41. The van der Waals surface area contributed by atoms with Crippen molar-refractivity contribution in [2.45, 2.75) is 13.3 Å². The minimum absolute atomic E-state index is 0.196. The molecule has 0 unspecified atom stereocenters. The number of morpholine rings is 1. The van der Waals surface area contributed by atoms with Crippen LogP contribution in [0, 0.1) is 6.92 Å². The van der Waals surface area contributed by atoms with Crippen molar-refractivity contribution in [1.29, 1.82) is 0 Å². The van der Waals surface area contributed by atoms with Gasteiger partial charge in [0.2, 0.25) is 11.9 Å². The van der Waals surface area contributed by atoms with Crippen molar-refractivity contribution in [2.75, 3.05) is 62.3 Å². The molecular weight excluding hydrogens is 354 g/mol. The smallest absolute Gasteiger partial charge is 0.227 e. The van der Waals surface area contributed by atoms with Gasteiger partial charge >= 0.3 is 0 Å². The van der Waals surface area contributed by atoms with E-state index in [-0.39, 0.29) is 5.91 Å². The molecule has 3 heterocycles.